The number of rotatable bonds is 6. The number of aromatic nitrogens is 3. The topological polar surface area (TPSA) is 68.2 Å². The van der Waals surface area contributed by atoms with Gasteiger partial charge in [-0.1, -0.05) is 73.5 Å². The molecular formula is C24H25ClN4O2S. The Hall–Kier alpha value is -2.64. The van der Waals surface area contributed by atoms with Crippen LogP contribution in [0.1, 0.15) is 50.5 Å². The highest BCUT2D eigenvalue weighted by atomic mass is 35.5. The molecule has 0 bridgehead atoms. The van der Waals surface area contributed by atoms with Crippen molar-refractivity contribution >= 4 is 35.0 Å². The van der Waals surface area contributed by atoms with Crippen molar-refractivity contribution in [2.75, 3.05) is 10.7 Å². The summed E-state index contributed by atoms with van der Waals surface area (Å²) in [5.74, 6) is 1.18. The summed E-state index contributed by atoms with van der Waals surface area (Å²) in [6.45, 7) is 6.00. The number of thioether (sulfide) groups is 1. The second kappa shape index (κ2) is 9.88. The van der Waals surface area contributed by atoms with Crippen LogP contribution in [0.5, 0.6) is 5.88 Å². The Morgan fingerprint density at radius 2 is 1.94 bits per heavy atom. The summed E-state index contributed by atoms with van der Waals surface area (Å²) in [5.41, 5.74) is 3.81. The van der Waals surface area contributed by atoms with Gasteiger partial charge in [-0.3, -0.25) is 9.69 Å². The van der Waals surface area contributed by atoms with E-state index in [1.807, 2.05) is 44.2 Å². The van der Waals surface area contributed by atoms with E-state index < -0.39 is 6.23 Å². The van der Waals surface area contributed by atoms with Gasteiger partial charge in [0, 0.05) is 28.3 Å². The normalized spacial score (nSPS) is 14.9. The fourth-order valence-corrected chi connectivity index (χ4v) is 4.53. The molecule has 0 spiro atoms. The number of fused-ring (bicyclic) bond motifs is 3. The second-order valence-corrected chi connectivity index (χ2v) is 9.11. The van der Waals surface area contributed by atoms with Crippen LogP contribution in [0.25, 0.3) is 11.3 Å². The molecule has 2 aromatic carbocycles. The van der Waals surface area contributed by atoms with Crippen LogP contribution in [0.3, 0.4) is 0 Å². The van der Waals surface area contributed by atoms with Crippen LogP contribution in [0.2, 0.25) is 5.02 Å². The van der Waals surface area contributed by atoms with Gasteiger partial charge in [0.25, 0.3) is 0 Å². The summed E-state index contributed by atoms with van der Waals surface area (Å²) in [6.07, 6.45) is 1.79. The van der Waals surface area contributed by atoms with Crippen LogP contribution in [0, 0.1) is 6.92 Å². The average Bonchev–Trinajstić information content (AvgIpc) is 2.93. The van der Waals surface area contributed by atoms with Crippen LogP contribution in [0.15, 0.2) is 47.6 Å². The zero-order chi connectivity index (χ0) is 22.7. The standard InChI is InChI=1S/C24H25ClN4O2S/c1-4-6-13-32-24-26-22-21(27-28-24)18-14-17(25)11-12-19(18)29(20(30)5-2)23(31-22)16-9-7-15(3)8-10-16/h7-12,14,23H,4-6,13H2,1-3H3. The molecule has 8 heteroatoms. The van der Waals surface area contributed by atoms with E-state index in [4.69, 9.17) is 16.3 Å². The molecule has 0 saturated carbocycles. The van der Waals surface area contributed by atoms with Gasteiger partial charge in [0.05, 0.1) is 5.69 Å². The van der Waals surface area contributed by atoms with E-state index in [1.54, 1.807) is 28.8 Å². The molecular weight excluding hydrogens is 444 g/mol. The lowest BCUT2D eigenvalue weighted by atomic mass is 10.1. The summed E-state index contributed by atoms with van der Waals surface area (Å²) in [4.78, 5) is 19.5. The molecule has 4 rings (SSSR count). The lowest BCUT2D eigenvalue weighted by Gasteiger charge is -2.30. The fourth-order valence-electron chi connectivity index (χ4n) is 3.49. The number of anilines is 1. The summed E-state index contributed by atoms with van der Waals surface area (Å²) < 4.78 is 6.42. The van der Waals surface area contributed by atoms with Crippen LogP contribution in [-0.2, 0) is 4.79 Å². The first kappa shape index (κ1) is 22.6. The van der Waals surface area contributed by atoms with Crippen molar-refractivity contribution in [3.05, 3.63) is 58.6 Å². The first-order chi connectivity index (χ1) is 15.5. The van der Waals surface area contributed by atoms with Gasteiger partial charge in [-0.15, -0.1) is 10.2 Å². The molecule has 3 aromatic rings. The van der Waals surface area contributed by atoms with E-state index in [9.17, 15) is 4.79 Å². The molecule has 0 aliphatic carbocycles. The highest BCUT2D eigenvalue weighted by molar-refractivity contribution is 7.99. The fraction of sp³-hybridized carbons (Fsp3) is 0.333. The van der Waals surface area contributed by atoms with E-state index >= 15 is 0 Å². The number of nitrogens with zero attached hydrogens (tertiary/aromatic N) is 4. The number of hydrogen-bond donors (Lipinski definition) is 0. The summed E-state index contributed by atoms with van der Waals surface area (Å²) in [5, 5.41) is 9.85. The van der Waals surface area contributed by atoms with Crippen molar-refractivity contribution in [3.63, 3.8) is 0 Å². The number of carbonyl (C=O) groups is 1. The number of benzene rings is 2. The second-order valence-electron chi connectivity index (χ2n) is 7.61. The van der Waals surface area contributed by atoms with Gasteiger partial charge in [-0.05, 0) is 31.5 Å². The molecule has 1 aromatic heterocycles. The molecule has 0 radical (unpaired) electrons. The zero-order valence-electron chi connectivity index (χ0n) is 18.3. The van der Waals surface area contributed by atoms with Gasteiger partial charge in [0.2, 0.25) is 23.2 Å². The van der Waals surface area contributed by atoms with Gasteiger partial charge < -0.3 is 4.74 Å². The molecule has 6 nitrogen and oxygen atoms in total. The lowest BCUT2D eigenvalue weighted by Crippen LogP contribution is -2.37. The number of hydrogen-bond acceptors (Lipinski definition) is 6. The molecule has 1 aliphatic rings. The van der Waals surface area contributed by atoms with Gasteiger partial charge in [-0.2, -0.15) is 4.98 Å². The van der Waals surface area contributed by atoms with Gasteiger partial charge in [-0.25, -0.2) is 0 Å². The Bertz CT molecular complexity index is 1120. The Kier molecular flexibility index (Phi) is 6.96. The molecule has 2 heterocycles. The average molecular weight is 469 g/mol. The number of ether oxygens (including phenoxy) is 1. The van der Waals surface area contributed by atoms with Crippen molar-refractivity contribution < 1.29 is 9.53 Å². The quantitative estimate of drug-likeness (QED) is 0.315. The number of halogens is 1. The van der Waals surface area contributed by atoms with E-state index in [-0.39, 0.29) is 5.91 Å². The molecule has 32 heavy (non-hydrogen) atoms. The number of aryl methyl sites for hydroxylation is 1. The molecule has 1 aliphatic heterocycles. The molecule has 166 valence electrons. The van der Waals surface area contributed by atoms with E-state index in [0.717, 1.165) is 29.7 Å². The van der Waals surface area contributed by atoms with E-state index in [0.29, 0.717) is 39.4 Å². The van der Waals surface area contributed by atoms with Gasteiger partial charge >= 0.3 is 0 Å². The maximum atomic E-state index is 13.2. The molecule has 0 N–H and O–H groups in total. The smallest absolute Gasteiger partial charge is 0.247 e. The van der Waals surface area contributed by atoms with E-state index in [2.05, 4.69) is 22.1 Å². The number of unbranched alkanes of at least 4 members (excludes halogenated alkanes) is 1. The van der Waals surface area contributed by atoms with Crippen LogP contribution in [0.4, 0.5) is 5.69 Å². The lowest BCUT2D eigenvalue weighted by molar-refractivity contribution is -0.120. The van der Waals surface area contributed by atoms with Crippen LogP contribution < -0.4 is 9.64 Å². The maximum absolute atomic E-state index is 13.2. The summed E-state index contributed by atoms with van der Waals surface area (Å²) in [7, 11) is 0. The Balaban J connectivity index is 1.88. The zero-order valence-corrected chi connectivity index (χ0v) is 19.9. The highest BCUT2D eigenvalue weighted by Crippen LogP contribution is 2.44. The van der Waals surface area contributed by atoms with Gasteiger partial charge in [0.15, 0.2) is 5.69 Å². The maximum Gasteiger partial charge on any atom is 0.247 e. The minimum atomic E-state index is -0.686. The number of carbonyl (C=O) groups excluding carboxylic acids is 1. The predicted molar refractivity (Wildman–Crippen MR) is 128 cm³/mol. The number of amides is 1. The first-order valence-electron chi connectivity index (χ1n) is 10.7. The van der Waals surface area contributed by atoms with Crippen LogP contribution in [-0.4, -0.2) is 26.8 Å². The van der Waals surface area contributed by atoms with Crippen molar-refractivity contribution in [1.82, 2.24) is 15.2 Å². The van der Waals surface area contributed by atoms with Crippen molar-refractivity contribution in [2.45, 2.75) is 51.4 Å². The first-order valence-corrected chi connectivity index (χ1v) is 12.1. The molecule has 1 amide bonds. The third-order valence-corrected chi connectivity index (χ3v) is 6.39. The Morgan fingerprint density at radius 3 is 2.66 bits per heavy atom. The van der Waals surface area contributed by atoms with Crippen LogP contribution >= 0.6 is 23.4 Å². The third kappa shape index (κ3) is 4.59. The Morgan fingerprint density at radius 1 is 1.16 bits per heavy atom. The van der Waals surface area contributed by atoms with Crippen molar-refractivity contribution in [2.24, 2.45) is 0 Å². The van der Waals surface area contributed by atoms with Crippen molar-refractivity contribution in [1.29, 1.82) is 0 Å². The van der Waals surface area contributed by atoms with Crippen molar-refractivity contribution in [3.8, 4) is 17.1 Å². The molecule has 1 unspecified atom stereocenters. The molecule has 1 atom stereocenters. The molecule has 0 saturated heterocycles. The monoisotopic (exact) mass is 468 g/mol. The minimum Gasteiger partial charge on any atom is -0.447 e. The van der Waals surface area contributed by atoms with E-state index in [1.165, 1.54) is 0 Å². The predicted octanol–water partition coefficient (Wildman–Crippen LogP) is 6.23. The highest BCUT2D eigenvalue weighted by Gasteiger charge is 2.35. The summed E-state index contributed by atoms with van der Waals surface area (Å²) >= 11 is 7.88. The summed E-state index contributed by atoms with van der Waals surface area (Å²) in [6, 6.07) is 13.3. The molecule has 0 fully saturated rings. The SMILES string of the molecule is CCCCSc1nnc2c(n1)OC(c1ccc(C)cc1)N(C(=O)CC)c1ccc(Cl)cc1-2. The van der Waals surface area contributed by atoms with Gasteiger partial charge in [0.1, 0.15) is 0 Å². The Labute approximate surface area is 197 Å². The minimum absolute atomic E-state index is 0.0718. The largest absolute Gasteiger partial charge is 0.447 e. The third-order valence-electron chi connectivity index (χ3n) is 5.23.